The SMILES string of the molecule is COc1cc(CNCCC(C)C)c(Br)cc1OCc1ccccc1F. The number of ether oxygens (including phenoxy) is 2. The highest BCUT2D eigenvalue weighted by molar-refractivity contribution is 9.10. The number of hydrogen-bond donors (Lipinski definition) is 1. The van der Waals surface area contributed by atoms with Crippen molar-refractivity contribution in [2.24, 2.45) is 5.92 Å². The Morgan fingerprint density at radius 3 is 2.56 bits per heavy atom. The average Bonchev–Trinajstić information content (AvgIpc) is 2.59. The van der Waals surface area contributed by atoms with Crippen molar-refractivity contribution < 1.29 is 13.9 Å². The van der Waals surface area contributed by atoms with Crippen LogP contribution < -0.4 is 14.8 Å². The maximum atomic E-state index is 13.7. The first-order valence-corrected chi connectivity index (χ1v) is 9.24. The Balaban J connectivity index is 2.04. The first-order valence-electron chi connectivity index (χ1n) is 8.44. The second-order valence-corrected chi connectivity index (χ2v) is 7.19. The predicted octanol–water partition coefficient (Wildman–Crippen LogP) is 5.31. The van der Waals surface area contributed by atoms with Gasteiger partial charge in [0.05, 0.1) is 7.11 Å². The van der Waals surface area contributed by atoms with Crippen LogP contribution in [0.3, 0.4) is 0 Å². The van der Waals surface area contributed by atoms with Gasteiger partial charge in [-0.2, -0.15) is 0 Å². The normalized spacial score (nSPS) is 11.0. The van der Waals surface area contributed by atoms with Crippen LogP contribution in [0.2, 0.25) is 0 Å². The van der Waals surface area contributed by atoms with E-state index in [0.29, 0.717) is 23.0 Å². The number of methoxy groups -OCH3 is 1. The first-order chi connectivity index (χ1) is 12.0. The summed E-state index contributed by atoms with van der Waals surface area (Å²) in [6, 6.07) is 10.4. The topological polar surface area (TPSA) is 30.5 Å². The van der Waals surface area contributed by atoms with Crippen LogP contribution in [-0.4, -0.2) is 13.7 Å². The van der Waals surface area contributed by atoms with Crippen molar-refractivity contribution >= 4 is 15.9 Å². The first kappa shape index (κ1) is 19.7. The van der Waals surface area contributed by atoms with E-state index in [1.165, 1.54) is 6.07 Å². The largest absolute Gasteiger partial charge is 0.493 e. The van der Waals surface area contributed by atoms with Gasteiger partial charge in [0.2, 0.25) is 0 Å². The number of halogens is 2. The third kappa shape index (κ3) is 6.01. The molecule has 0 radical (unpaired) electrons. The molecule has 25 heavy (non-hydrogen) atoms. The van der Waals surface area contributed by atoms with E-state index < -0.39 is 0 Å². The van der Waals surface area contributed by atoms with E-state index in [0.717, 1.165) is 29.5 Å². The highest BCUT2D eigenvalue weighted by atomic mass is 79.9. The Morgan fingerprint density at radius 1 is 1.12 bits per heavy atom. The quantitative estimate of drug-likeness (QED) is 0.569. The molecule has 0 heterocycles. The van der Waals surface area contributed by atoms with Gasteiger partial charge in [-0.3, -0.25) is 0 Å². The fourth-order valence-electron chi connectivity index (χ4n) is 2.37. The molecule has 136 valence electrons. The zero-order valence-corrected chi connectivity index (χ0v) is 16.5. The summed E-state index contributed by atoms with van der Waals surface area (Å²) in [6.07, 6.45) is 1.14. The molecule has 0 unspecified atom stereocenters. The molecule has 2 aromatic rings. The Bertz CT molecular complexity index is 691. The lowest BCUT2D eigenvalue weighted by Gasteiger charge is -2.15. The van der Waals surface area contributed by atoms with Gasteiger partial charge in [0.15, 0.2) is 11.5 Å². The van der Waals surface area contributed by atoms with Crippen molar-refractivity contribution in [2.75, 3.05) is 13.7 Å². The third-order valence-corrected chi connectivity index (χ3v) is 4.63. The minimum atomic E-state index is -0.272. The Kier molecular flexibility index (Phi) is 7.72. The molecule has 0 spiro atoms. The predicted molar refractivity (Wildman–Crippen MR) is 103 cm³/mol. The number of nitrogens with one attached hydrogen (secondary N) is 1. The summed E-state index contributed by atoms with van der Waals surface area (Å²) < 4.78 is 25.9. The standard InChI is InChI=1S/C20H25BrFNO2/c1-14(2)8-9-23-12-16-10-19(24-3)20(11-17(16)21)25-13-15-6-4-5-7-18(15)22/h4-7,10-11,14,23H,8-9,12-13H2,1-3H3. The summed E-state index contributed by atoms with van der Waals surface area (Å²) in [6.45, 7) is 6.29. The molecule has 0 saturated heterocycles. The zero-order chi connectivity index (χ0) is 18.2. The van der Waals surface area contributed by atoms with Gasteiger partial charge in [0.1, 0.15) is 12.4 Å². The fourth-order valence-corrected chi connectivity index (χ4v) is 2.83. The van der Waals surface area contributed by atoms with Crippen LogP contribution in [0.5, 0.6) is 11.5 Å². The minimum Gasteiger partial charge on any atom is -0.493 e. The smallest absolute Gasteiger partial charge is 0.162 e. The molecule has 0 aliphatic carbocycles. The van der Waals surface area contributed by atoms with Crippen molar-refractivity contribution in [1.82, 2.24) is 5.32 Å². The lowest BCUT2D eigenvalue weighted by Crippen LogP contribution is -2.16. The molecule has 0 amide bonds. The van der Waals surface area contributed by atoms with Gasteiger partial charge >= 0.3 is 0 Å². The molecule has 2 rings (SSSR count). The number of rotatable bonds is 9. The van der Waals surface area contributed by atoms with Crippen molar-refractivity contribution in [2.45, 2.75) is 33.4 Å². The second-order valence-electron chi connectivity index (χ2n) is 6.33. The molecule has 1 N–H and O–H groups in total. The molecule has 2 aromatic carbocycles. The molecule has 0 aromatic heterocycles. The average molecular weight is 410 g/mol. The highest BCUT2D eigenvalue weighted by Gasteiger charge is 2.11. The summed E-state index contributed by atoms with van der Waals surface area (Å²) >= 11 is 3.58. The summed E-state index contributed by atoms with van der Waals surface area (Å²) in [7, 11) is 1.61. The van der Waals surface area contributed by atoms with Gasteiger partial charge in [0.25, 0.3) is 0 Å². The van der Waals surface area contributed by atoms with Gasteiger partial charge in [0, 0.05) is 16.6 Å². The summed E-state index contributed by atoms with van der Waals surface area (Å²) in [5.74, 6) is 1.63. The third-order valence-electron chi connectivity index (χ3n) is 3.89. The minimum absolute atomic E-state index is 0.154. The van der Waals surface area contributed by atoms with E-state index in [1.807, 2.05) is 12.1 Å². The molecule has 0 aliphatic rings. The van der Waals surface area contributed by atoms with Crippen LogP contribution in [0, 0.1) is 11.7 Å². The molecule has 0 saturated carbocycles. The lowest BCUT2D eigenvalue weighted by atomic mass is 10.1. The van der Waals surface area contributed by atoms with Gasteiger partial charge in [-0.05, 0) is 42.6 Å². The van der Waals surface area contributed by atoms with Crippen LogP contribution in [0.25, 0.3) is 0 Å². The van der Waals surface area contributed by atoms with Crippen LogP contribution in [0.15, 0.2) is 40.9 Å². The zero-order valence-electron chi connectivity index (χ0n) is 14.9. The van der Waals surface area contributed by atoms with Crippen molar-refractivity contribution in [3.8, 4) is 11.5 Å². The second kappa shape index (κ2) is 9.78. The Labute approximate surface area is 157 Å². The summed E-state index contributed by atoms with van der Waals surface area (Å²) in [5.41, 5.74) is 1.61. The van der Waals surface area contributed by atoms with Gasteiger partial charge in [-0.1, -0.05) is 48.0 Å². The maximum absolute atomic E-state index is 13.7. The lowest BCUT2D eigenvalue weighted by molar-refractivity contribution is 0.279. The monoisotopic (exact) mass is 409 g/mol. The van der Waals surface area contributed by atoms with Crippen molar-refractivity contribution in [1.29, 1.82) is 0 Å². The summed E-state index contributed by atoms with van der Waals surface area (Å²) in [4.78, 5) is 0. The van der Waals surface area contributed by atoms with Crippen molar-refractivity contribution in [3.63, 3.8) is 0 Å². The molecule has 0 bridgehead atoms. The van der Waals surface area contributed by atoms with Gasteiger partial charge in [-0.25, -0.2) is 4.39 Å². The van der Waals surface area contributed by atoms with Crippen LogP contribution in [0.4, 0.5) is 4.39 Å². The van der Waals surface area contributed by atoms with E-state index in [9.17, 15) is 4.39 Å². The van der Waals surface area contributed by atoms with E-state index in [4.69, 9.17) is 9.47 Å². The Morgan fingerprint density at radius 2 is 1.88 bits per heavy atom. The number of hydrogen-bond acceptors (Lipinski definition) is 3. The molecule has 5 heteroatoms. The maximum Gasteiger partial charge on any atom is 0.162 e. The van der Waals surface area contributed by atoms with Gasteiger partial charge in [-0.15, -0.1) is 0 Å². The summed E-state index contributed by atoms with van der Waals surface area (Å²) in [5, 5.41) is 3.43. The molecule has 0 atom stereocenters. The molecular formula is C20H25BrFNO2. The van der Waals surface area contributed by atoms with E-state index in [2.05, 4.69) is 35.1 Å². The highest BCUT2D eigenvalue weighted by Crippen LogP contribution is 2.34. The van der Waals surface area contributed by atoms with Crippen LogP contribution in [0.1, 0.15) is 31.4 Å². The van der Waals surface area contributed by atoms with Crippen LogP contribution >= 0.6 is 15.9 Å². The van der Waals surface area contributed by atoms with E-state index >= 15 is 0 Å². The van der Waals surface area contributed by atoms with Crippen LogP contribution in [-0.2, 0) is 13.2 Å². The van der Waals surface area contributed by atoms with Gasteiger partial charge < -0.3 is 14.8 Å². The molecule has 3 nitrogen and oxygen atoms in total. The van der Waals surface area contributed by atoms with Crippen molar-refractivity contribution in [3.05, 3.63) is 57.8 Å². The Hall–Kier alpha value is -1.59. The van der Waals surface area contributed by atoms with E-state index in [-0.39, 0.29) is 12.4 Å². The fraction of sp³-hybridized carbons (Fsp3) is 0.400. The number of benzene rings is 2. The molecule has 0 aliphatic heterocycles. The van der Waals surface area contributed by atoms with E-state index in [1.54, 1.807) is 25.3 Å². The molecular weight excluding hydrogens is 385 g/mol. The molecule has 0 fully saturated rings.